The van der Waals surface area contributed by atoms with Crippen LogP contribution in [-0.4, -0.2) is 144 Å². The van der Waals surface area contributed by atoms with Gasteiger partial charge in [-0.1, -0.05) is 33.6 Å². The first-order valence-electron chi connectivity index (χ1n) is 20.2. The Balaban J connectivity index is 1.79. The summed E-state index contributed by atoms with van der Waals surface area (Å²) >= 11 is 0. The summed E-state index contributed by atoms with van der Waals surface area (Å²) < 4.78 is 38.3. The molecular weight excluding hydrogens is 684 g/mol. The van der Waals surface area contributed by atoms with E-state index < -0.39 is 84.3 Å². The predicted octanol–water partition coefficient (Wildman–Crippen LogP) is 3.22. The summed E-state index contributed by atoms with van der Waals surface area (Å²) in [5.41, 5.74) is -2.48. The van der Waals surface area contributed by atoms with E-state index >= 15 is 0 Å². The van der Waals surface area contributed by atoms with Crippen LogP contribution in [0.15, 0.2) is 0 Å². The van der Waals surface area contributed by atoms with E-state index in [0.717, 1.165) is 25.7 Å². The fourth-order valence-corrected chi connectivity index (χ4v) is 9.62. The molecule has 0 amide bonds. The third-order valence-electron chi connectivity index (χ3n) is 13.1. The number of ether oxygens (including phenoxy) is 6. The third kappa shape index (κ3) is 10.5. The minimum atomic E-state index is -1.50. The van der Waals surface area contributed by atoms with Crippen molar-refractivity contribution in [2.24, 2.45) is 29.6 Å². The molecule has 0 unspecified atom stereocenters. The molecule has 3 saturated heterocycles. The van der Waals surface area contributed by atoms with Gasteiger partial charge in [-0.2, -0.15) is 0 Å². The van der Waals surface area contributed by atoms with Gasteiger partial charge in [-0.3, -0.25) is 4.79 Å². The second-order valence-electron chi connectivity index (χ2n) is 18.0. The Bertz CT molecular complexity index is 1160. The molecular formula is C40H74N2O11. The average molecular weight is 759 g/mol. The molecule has 0 aromatic rings. The van der Waals surface area contributed by atoms with E-state index in [-0.39, 0.29) is 42.4 Å². The molecule has 3 aliphatic heterocycles. The Kier molecular flexibility index (Phi) is 15.6. The van der Waals surface area contributed by atoms with Crippen LogP contribution in [0.2, 0.25) is 0 Å². The maximum atomic E-state index is 14.5. The van der Waals surface area contributed by atoms with Crippen LogP contribution in [-0.2, 0) is 33.2 Å². The van der Waals surface area contributed by atoms with Gasteiger partial charge < -0.3 is 59.1 Å². The SMILES string of the molecule is CO[C@]1(C)C[C@H](O[C@H]2[C@H](C)[C@@H](O[C@@H]3O[C@H](C)C[C@H](N(C)C)[C@H]3O)[C@@](C)(O)C[C@@H](C)CN[C@@H](C)[C@@H](O)[C@@H](C)[C@H](C3CCCC3)OC(=O)[C@@H]2C)O[C@@H](C)[C@@H]1O. The van der Waals surface area contributed by atoms with Crippen molar-refractivity contribution in [1.82, 2.24) is 10.2 Å². The first kappa shape index (κ1) is 44.7. The lowest BCUT2D eigenvalue weighted by atomic mass is 9.77. The predicted molar refractivity (Wildman–Crippen MR) is 200 cm³/mol. The Labute approximate surface area is 318 Å². The van der Waals surface area contributed by atoms with Gasteiger partial charge in [0.05, 0.1) is 47.6 Å². The fourth-order valence-electron chi connectivity index (χ4n) is 9.62. The number of nitrogens with zero attached hydrogens (tertiary/aromatic N) is 1. The number of methoxy groups -OCH3 is 1. The van der Waals surface area contributed by atoms with Gasteiger partial charge in [0, 0.05) is 37.5 Å². The molecule has 1 saturated carbocycles. The minimum absolute atomic E-state index is 0.0595. The van der Waals surface area contributed by atoms with Gasteiger partial charge in [0.1, 0.15) is 18.3 Å². The number of esters is 1. The van der Waals surface area contributed by atoms with Crippen molar-refractivity contribution in [3.63, 3.8) is 0 Å². The summed E-state index contributed by atoms with van der Waals surface area (Å²) in [5.74, 6) is -2.30. The zero-order valence-corrected chi connectivity index (χ0v) is 34.6. The molecule has 0 aromatic carbocycles. The van der Waals surface area contributed by atoms with Crippen LogP contribution < -0.4 is 5.32 Å². The van der Waals surface area contributed by atoms with Gasteiger partial charge >= 0.3 is 5.97 Å². The van der Waals surface area contributed by atoms with E-state index in [0.29, 0.717) is 19.4 Å². The monoisotopic (exact) mass is 759 g/mol. The summed E-state index contributed by atoms with van der Waals surface area (Å²) in [4.78, 5) is 16.4. The van der Waals surface area contributed by atoms with Gasteiger partial charge in [0.2, 0.25) is 0 Å². The van der Waals surface area contributed by atoms with E-state index in [9.17, 15) is 25.2 Å². The highest BCUT2D eigenvalue weighted by Gasteiger charge is 2.52. The van der Waals surface area contributed by atoms with E-state index in [1.54, 1.807) is 34.8 Å². The number of carbonyl (C=O) groups is 1. The Morgan fingerprint density at radius 3 is 2.13 bits per heavy atom. The number of carbonyl (C=O) groups excluding carboxylic acids is 1. The minimum Gasteiger partial charge on any atom is -0.461 e. The van der Waals surface area contributed by atoms with Crippen molar-refractivity contribution in [3.05, 3.63) is 0 Å². The van der Waals surface area contributed by atoms with Crippen molar-refractivity contribution in [3.8, 4) is 0 Å². The van der Waals surface area contributed by atoms with Gasteiger partial charge in [-0.15, -0.1) is 0 Å². The lowest BCUT2D eigenvalue weighted by Gasteiger charge is -2.48. The maximum absolute atomic E-state index is 14.5. The van der Waals surface area contributed by atoms with E-state index in [1.807, 2.05) is 53.6 Å². The third-order valence-corrected chi connectivity index (χ3v) is 13.1. The highest BCUT2D eigenvalue weighted by molar-refractivity contribution is 5.73. The maximum Gasteiger partial charge on any atom is 0.311 e. The largest absolute Gasteiger partial charge is 0.461 e. The van der Waals surface area contributed by atoms with Crippen LogP contribution >= 0.6 is 0 Å². The zero-order chi connectivity index (χ0) is 39.6. The smallest absolute Gasteiger partial charge is 0.311 e. The number of hydrogen-bond donors (Lipinski definition) is 5. The summed E-state index contributed by atoms with van der Waals surface area (Å²) in [7, 11) is 5.36. The van der Waals surface area contributed by atoms with Crippen molar-refractivity contribution in [2.45, 2.75) is 192 Å². The van der Waals surface area contributed by atoms with E-state index in [4.69, 9.17) is 28.4 Å². The number of cyclic esters (lactones) is 1. The van der Waals surface area contributed by atoms with Crippen molar-refractivity contribution in [2.75, 3.05) is 27.7 Å². The Morgan fingerprint density at radius 2 is 1.53 bits per heavy atom. The molecule has 4 rings (SSSR count). The number of likely N-dealkylation sites (N-methyl/N-ethyl adjacent to an activating group) is 1. The van der Waals surface area contributed by atoms with Crippen LogP contribution in [0.25, 0.3) is 0 Å². The number of rotatable bonds is 7. The lowest BCUT2D eigenvalue weighted by molar-refractivity contribution is -0.317. The number of hydrogen-bond acceptors (Lipinski definition) is 13. The summed E-state index contributed by atoms with van der Waals surface area (Å²) in [6.07, 6.45) is -2.91. The number of nitrogens with one attached hydrogen (secondary N) is 1. The van der Waals surface area contributed by atoms with Crippen LogP contribution in [0.1, 0.15) is 107 Å². The lowest BCUT2D eigenvalue weighted by Crippen LogP contribution is -2.60. The molecule has 3 heterocycles. The molecule has 53 heavy (non-hydrogen) atoms. The molecule has 1 aliphatic carbocycles. The van der Waals surface area contributed by atoms with Gasteiger partial charge in [0.25, 0.3) is 0 Å². The number of aliphatic hydroxyl groups is 4. The van der Waals surface area contributed by atoms with Crippen molar-refractivity contribution < 1.29 is 53.6 Å². The van der Waals surface area contributed by atoms with Gasteiger partial charge in [0.15, 0.2) is 12.6 Å². The van der Waals surface area contributed by atoms with E-state index in [1.165, 1.54) is 0 Å². The fraction of sp³-hybridized carbons (Fsp3) is 0.975. The van der Waals surface area contributed by atoms with E-state index in [2.05, 4.69) is 5.32 Å². The van der Waals surface area contributed by atoms with Crippen LogP contribution in [0.5, 0.6) is 0 Å². The molecule has 4 fully saturated rings. The Hall–Kier alpha value is -0.970. The zero-order valence-electron chi connectivity index (χ0n) is 34.6. The first-order chi connectivity index (χ1) is 24.7. The van der Waals surface area contributed by atoms with Crippen molar-refractivity contribution >= 4 is 5.97 Å². The van der Waals surface area contributed by atoms with Crippen molar-refractivity contribution in [1.29, 1.82) is 0 Å². The average Bonchev–Trinajstić information content (AvgIpc) is 3.63. The molecule has 0 spiro atoms. The standard InChI is InChI=1S/C40H74N2O11/c1-21-18-39(8,47)36(53-38-32(44)29(42(10)11)17-22(2)49-38)24(4)33(51-30-19-40(9,48-12)35(45)27(7)50-30)25(5)37(46)52-34(28-15-13-14-16-28)23(3)31(43)26(6)41-20-21/h21-36,38,41,43-45,47H,13-20H2,1-12H3/t21-,22-,23-,24+,25-,26+,27+,29+,30+,31+,32-,33+,34-,35+,36-,38+,39+,40-/m1/s1. The quantitative estimate of drug-likeness (QED) is 0.241. The molecule has 13 heteroatoms. The summed E-state index contributed by atoms with van der Waals surface area (Å²) in [5, 5.41) is 50.1. The second kappa shape index (κ2) is 18.5. The normalized spacial score (nSPS) is 49.0. The highest BCUT2D eigenvalue weighted by atomic mass is 16.7. The van der Waals surface area contributed by atoms with Gasteiger partial charge in [-0.25, -0.2) is 0 Å². The molecule has 0 radical (unpaired) electrons. The molecule has 0 aromatic heterocycles. The first-order valence-corrected chi connectivity index (χ1v) is 20.2. The molecule has 0 bridgehead atoms. The topological polar surface area (TPSA) is 169 Å². The highest BCUT2D eigenvalue weighted by Crippen LogP contribution is 2.41. The van der Waals surface area contributed by atoms with Crippen LogP contribution in [0.3, 0.4) is 0 Å². The Morgan fingerprint density at radius 1 is 0.887 bits per heavy atom. The summed E-state index contributed by atoms with van der Waals surface area (Å²) in [6.45, 7) is 17.3. The van der Waals surface area contributed by atoms with Gasteiger partial charge in [-0.05, 0) is 99.7 Å². The summed E-state index contributed by atoms with van der Waals surface area (Å²) in [6, 6.07) is -0.538. The molecule has 4 aliphatic rings. The molecule has 310 valence electrons. The number of aliphatic hydroxyl groups excluding tert-OH is 3. The molecule has 5 N–H and O–H groups in total. The molecule has 18 atom stereocenters. The molecule has 13 nitrogen and oxygen atoms in total. The van der Waals surface area contributed by atoms with Crippen LogP contribution in [0, 0.1) is 29.6 Å². The second-order valence-corrected chi connectivity index (χ2v) is 18.0. The van der Waals surface area contributed by atoms with Crippen LogP contribution in [0.4, 0.5) is 0 Å².